The van der Waals surface area contributed by atoms with Gasteiger partial charge >= 0.3 is 0 Å². The van der Waals surface area contributed by atoms with Gasteiger partial charge in [0, 0.05) is 12.8 Å². The molecule has 0 bridgehead atoms. The van der Waals surface area contributed by atoms with E-state index in [2.05, 4.69) is 4.99 Å². The van der Waals surface area contributed by atoms with Crippen molar-refractivity contribution >= 4 is 11.8 Å². The van der Waals surface area contributed by atoms with Crippen LogP contribution in [0.25, 0.3) is 0 Å². The van der Waals surface area contributed by atoms with Crippen molar-refractivity contribution in [1.29, 1.82) is 0 Å². The predicted octanol–water partition coefficient (Wildman–Crippen LogP) is 1.92. The van der Waals surface area contributed by atoms with Gasteiger partial charge < -0.3 is 4.74 Å². The Morgan fingerprint density at radius 3 is 2.64 bits per heavy atom. The van der Waals surface area contributed by atoms with E-state index in [0.29, 0.717) is 25.3 Å². The fourth-order valence-electron chi connectivity index (χ4n) is 1.31. The highest BCUT2D eigenvalue weighted by molar-refractivity contribution is 5.98. The predicted molar refractivity (Wildman–Crippen MR) is 52.9 cm³/mol. The number of hydrogen-bond donors (Lipinski definition) is 0. The lowest BCUT2D eigenvalue weighted by Gasteiger charge is -2.03. The minimum absolute atomic E-state index is 0.0759. The summed E-state index contributed by atoms with van der Waals surface area (Å²) in [5.41, 5.74) is 1.09. The third kappa shape index (κ3) is 2.19. The molecule has 1 aliphatic rings. The van der Waals surface area contributed by atoms with Crippen LogP contribution in [-0.4, -0.2) is 11.8 Å². The van der Waals surface area contributed by atoms with Crippen LogP contribution in [0.4, 0.5) is 0 Å². The number of carbonyl (C=O) groups is 1. The summed E-state index contributed by atoms with van der Waals surface area (Å²) in [6.07, 6.45) is 1.13. The second-order valence-corrected chi connectivity index (χ2v) is 3.17. The maximum atomic E-state index is 10.8. The Morgan fingerprint density at radius 2 is 2.00 bits per heavy atom. The summed E-state index contributed by atoms with van der Waals surface area (Å²) in [7, 11) is 0. The van der Waals surface area contributed by atoms with E-state index < -0.39 is 0 Å². The summed E-state index contributed by atoms with van der Waals surface area (Å²) < 4.78 is 5.39. The molecule has 0 saturated heterocycles. The van der Waals surface area contributed by atoms with Crippen LogP contribution in [0.5, 0.6) is 0 Å². The molecule has 3 heteroatoms. The highest BCUT2D eigenvalue weighted by Gasteiger charge is 2.14. The fourth-order valence-corrected chi connectivity index (χ4v) is 1.31. The SMILES string of the molecule is O=C1CCC(OCc2ccccc2)=N1. The number of carbonyl (C=O) groups excluding carboxylic acids is 1. The molecular formula is C11H11NO2. The molecule has 1 aromatic rings. The molecule has 2 rings (SSSR count). The van der Waals surface area contributed by atoms with Gasteiger partial charge in [0.15, 0.2) is 5.90 Å². The highest BCUT2D eigenvalue weighted by Crippen LogP contribution is 2.09. The molecule has 0 unspecified atom stereocenters. The molecule has 0 radical (unpaired) electrons. The molecule has 1 amide bonds. The molecule has 0 saturated carbocycles. The Bertz CT molecular complexity index is 357. The van der Waals surface area contributed by atoms with Crippen LogP contribution < -0.4 is 0 Å². The van der Waals surface area contributed by atoms with Gasteiger partial charge in [0.05, 0.1) is 0 Å². The summed E-state index contributed by atoms with van der Waals surface area (Å²) >= 11 is 0. The van der Waals surface area contributed by atoms with E-state index in [1.54, 1.807) is 0 Å². The van der Waals surface area contributed by atoms with Crippen molar-refractivity contribution in [2.45, 2.75) is 19.4 Å². The first-order valence-corrected chi connectivity index (χ1v) is 4.62. The lowest BCUT2D eigenvalue weighted by Crippen LogP contribution is -2.00. The number of ether oxygens (including phenoxy) is 1. The fraction of sp³-hybridized carbons (Fsp3) is 0.273. The van der Waals surface area contributed by atoms with Crippen molar-refractivity contribution < 1.29 is 9.53 Å². The van der Waals surface area contributed by atoms with Gasteiger partial charge in [0.2, 0.25) is 5.91 Å². The summed E-state index contributed by atoms with van der Waals surface area (Å²) in [6.45, 7) is 0.493. The van der Waals surface area contributed by atoms with Crippen LogP contribution in [-0.2, 0) is 16.1 Å². The van der Waals surface area contributed by atoms with Crippen LogP contribution in [0, 0.1) is 0 Å². The molecule has 0 fully saturated rings. The van der Waals surface area contributed by atoms with Gasteiger partial charge in [-0.15, -0.1) is 0 Å². The molecule has 3 nitrogen and oxygen atoms in total. The molecule has 1 aliphatic heterocycles. The first-order valence-electron chi connectivity index (χ1n) is 4.62. The molecule has 1 heterocycles. The summed E-state index contributed by atoms with van der Waals surface area (Å²) in [5.74, 6) is 0.493. The lowest BCUT2D eigenvalue weighted by atomic mass is 10.2. The Morgan fingerprint density at radius 1 is 1.21 bits per heavy atom. The van der Waals surface area contributed by atoms with E-state index in [0.717, 1.165) is 5.56 Å². The molecule has 0 N–H and O–H groups in total. The van der Waals surface area contributed by atoms with Crippen molar-refractivity contribution in [2.75, 3.05) is 0 Å². The number of hydrogen-bond acceptors (Lipinski definition) is 2. The first-order chi connectivity index (χ1) is 6.84. The van der Waals surface area contributed by atoms with E-state index in [1.165, 1.54) is 0 Å². The van der Waals surface area contributed by atoms with E-state index in [9.17, 15) is 4.79 Å². The van der Waals surface area contributed by atoms with E-state index in [-0.39, 0.29) is 5.91 Å². The summed E-state index contributed by atoms with van der Waals surface area (Å²) in [5, 5.41) is 0. The third-order valence-electron chi connectivity index (χ3n) is 2.05. The Hall–Kier alpha value is -1.64. The van der Waals surface area contributed by atoms with Crippen LogP contribution >= 0.6 is 0 Å². The minimum atomic E-state index is -0.0759. The van der Waals surface area contributed by atoms with Crippen LogP contribution in [0.1, 0.15) is 18.4 Å². The first kappa shape index (κ1) is 8.94. The zero-order valence-electron chi connectivity index (χ0n) is 7.77. The van der Waals surface area contributed by atoms with Crippen molar-refractivity contribution in [3.8, 4) is 0 Å². The van der Waals surface area contributed by atoms with Crippen molar-refractivity contribution in [2.24, 2.45) is 4.99 Å². The zero-order chi connectivity index (χ0) is 9.80. The van der Waals surface area contributed by atoms with Gasteiger partial charge in [0.25, 0.3) is 0 Å². The number of rotatable bonds is 2. The quantitative estimate of drug-likeness (QED) is 0.712. The molecular weight excluding hydrogens is 178 g/mol. The lowest BCUT2D eigenvalue weighted by molar-refractivity contribution is -0.117. The number of benzene rings is 1. The number of amides is 1. The summed E-state index contributed by atoms with van der Waals surface area (Å²) in [4.78, 5) is 14.6. The van der Waals surface area contributed by atoms with E-state index >= 15 is 0 Å². The van der Waals surface area contributed by atoms with Crippen LogP contribution in [0.2, 0.25) is 0 Å². The second kappa shape index (κ2) is 4.05. The molecule has 0 atom stereocenters. The maximum absolute atomic E-state index is 10.8. The van der Waals surface area contributed by atoms with Crippen molar-refractivity contribution in [1.82, 2.24) is 0 Å². The van der Waals surface area contributed by atoms with Crippen LogP contribution in [0.15, 0.2) is 35.3 Å². The normalized spacial score (nSPS) is 15.4. The Balaban J connectivity index is 1.89. The molecule has 0 aliphatic carbocycles. The largest absolute Gasteiger partial charge is 0.476 e. The summed E-state index contributed by atoms with van der Waals surface area (Å²) in [6, 6.07) is 9.84. The highest BCUT2D eigenvalue weighted by atomic mass is 16.5. The van der Waals surface area contributed by atoms with Gasteiger partial charge in [-0.05, 0) is 5.56 Å². The van der Waals surface area contributed by atoms with Gasteiger partial charge in [-0.2, -0.15) is 4.99 Å². The molecule has 72 valence electrons. The monoisotopic (exact) mass is 189 g/mol. The molecule has 1 aromatic carbocycles. The Labute approximate surface area is 82.4 Å². The van der Waals surface area contributed by atoms with E-state index in [4.69, 9.17) is 4.74 Å². The number of nitrogens with zero attached hydrogens (tertiary/aromatic N) is 1. The number of aliphatic imine (C=N–C) groups is 1. The molecule has 0 spiro atoms. The minimum Gasteiger partial charge on any atom is -0.476 e. The standard InChI is InChI=1S/C11H11NO2/c13-10-6-7-11(12-10)14-8-9-4-2-1-3-5-9/h1-5H,6-8H2. The van der Waals surface area contributed by atoms with Crippen LogP contribution in [0.3, 0.4) is 0 Å². The van der Waals surface area contributed by atoms with Gasteiger partial charge in [-0.3, -0.25) is 4.79 Å². The second-order valence-electron chi connectivity index (χ2n) is 3.17. The van der Waals surface area contributed by atoms with E-state index in [1.807, 2.05) is 30.3 Å². The third-order valence-corrected chi connectivity index (χ3v) is 2.05. The van der Waals surface area contributed by atoms with Gasteiger partial charge in [0.1, 0.15) is 6.61 Å². The van der Waals surface area contributed by atoms with Crippen molar-refractivity contribution in [3.63, 3.8) is 0 Å². The average molecular weight is 189 g/mol. The topological polar surface area (TPSA) is 38.7 Å². The molecule has 0 aromatic heterocycles. The molecule has 14 heavy (non-hydrogen) atoms. The zero-order valence-corrected chi connectivity index (χ0v) is 7.77. The Kier molecular flexibility index (Phi) is 2.58. The van der Waals surface area contributed by atoms with Gasteiger partial charge in [-0.1, -0.05) is 30.3 Å². The maximum Gasteiger partial charge on any atom is 0.249 e. The smallest absolute Gasteiger partial charge is 0.249 e. The van der Waals surface area contributed by atoms with Crippen molar-refractivity contribution in [3.05, 3.63) is 35.9 Å². The average Bonchev–Trinajstić information content (AvgIpc) is 2.63. The van der Waals surface area contributed by atoms with Gasteiger partial charge in [-0.25, -0.2) is 0 Å².